The number of amides is 2. The Labute approximate surface area is 192 Å². The van der Waals surface area contributed by atoms with Crippen LogP contribution in [0.25, 0.3) is 0 Å². The molecule has 33 heavy (non-hydrogen) atoms. The third kappa shape index (κ3) is 5.24. The fraction of sp³-hybridized carbons (Fsp3) is 0.292. The Kier molecular flexibility index (Phi) is 6.25. The quantitative estimate of drug-likeness (QED) is 0.575. The van der Waals surface area contributed by atoms with Crippen molar-refractivity contribution in [2.75, 3.05) is 0 Å². The second kappa shape index (κ2) is 8.97. The summed E-state index contributed by atoms with van der Waals surface area (Å²) in [4.78, 5) is 30.8. The van der Waals surface area contributed by atoms with Crippen LogP contribution in [0.5, 0.6) is 0 Å². The highest BCUT2D eigenvalue weighted by molar-refractivity contribution is 7.09. The van der Waals surface area contributed by atoms with Crippen LogP contribution >= 0.6 is 11.3 Å². The van der Waals surface area contributed by atoms with E-state index in [2.05, 4.69) is 10.3 Å². The molecule has 172 valence electrons. The lowest BCUT2D eigenvalue weighted by atomic mass is 10.1. The molecule has 1 aliphatic carbocycles. The van der Waals surface area contributed by atoms with Gasteiger partial charge in [0.2, 0.25) is 0 Å². The average Bonchev–Trinajstić information content (AvgIpc) is 3.55. The number of rotatable bonds is 5. The molecule has 1 saturated carbocycles. The van der Waals surface area contributed by atoms with Crippen LogP contribution in [0.1, 0.15) is 55.3 Å². The minimum atomic E-state index is -4.54. The largest absolute Gasteiger partial charge is 0.416 e. The SMILES string of the molecule is Cc1sc(=NC(=O)c2cccc(C(F)(F)F)c2)n(Cc2ccccc2C(=O)NC2CC2)c1C. The molecule has 0 atom stereocenters. The molecule has 1 aliphatic rings. The molecule has 4 rings (SSSR count). The van der Waals surface area contributed by atoms with E-state index in [9.17, 15) is 22.8 Å². The van der Waals surface area contributed by atoms with Crippen molar-refractivity contribution in [1.29, 1.82) is 0 Å². The molecule has 1 aromatic heterocycles. The summed E-state index contributed by atoms with van der Waals surface area (Å²) < 4.78 is 40.9. The summed E-state index contributed by atoms with van der Waals surface area (Å²) in [6.07, 6.45) is -2.59. The van der Waals surface area contributed by atoms with E-state index in [0.717, 1.165) is 41.1 Å². The Morgan fingerprint density at radius 2 is 1.85 bits per heavy atom. The third-order valence-corrected chi connectivity index (χ3v) is 6.62. The second-order valence-corrected chi connectivity index (χ2v) is 9.19. The van der Waals surface area contributed by atoms with Crippen molar-refractivity contribution in [2.24, 2.45) is 4.99 Å². The lowest BCUT2D eigenvalue weighted by Gasteiger charge is -2.12. The van der Waals surface area contributed by atoms with E-state index in [4.69, 9.17) is 0 Å². The van der Waals surface area contributed by atoms with E-state index in [1.807, 2.05) is 30.5 Å². The fourth-order valence-corrected chi connectivity index (χ4v) is 4.36. The molecule has 9 heteroatoms. The van der Waals surface area contributed by atoms with Crippen LogP contribution in [-0.4, -0.2) is 22.4 Å². The van der Waals surface area contributed by atoms with Crippen LogP contribution in [-0.2, 0) is 12.7 Å². The van der Waals surface area contributed by atoms with Crippen LogP contribution in [0.2, 0.25) is 0 Å². The Bertz CT molecular complexity index is 1290. The number of hydrogen-bond acceptors (Lipinski definition) is 3. The third-order valence-electron chi connectivity index (χ3n) is 5.53. The standard InChI is InChI=1S/C24H22F3N3O2S/c1-14-15(2)33-23(29-21(31)16-7-5-8-18(12-16)24(25,26)27)30(14)13-17-6-3-4-9-20(17)22(32)28-19-10-11-19/h3-9,12,19H,10-11,13H2,1-2H3,(H,28,32). The molecule has 0 aliphatic heterocycles. The van der Waals surface area contributed by atoms with Gasteiger partial charge in [0.25, 0.3) is 11.8 Å². The van der Waals surface area contributed by atoms with Crippen molar-refractivity contribution in [3.05, 3.63) is 86.2 Å². The summed E-state index contributed by atoms with van der Waals surface area (Å²) >= 11 is 1.28. The molecular formula is C24H22F3N3O2S. The van der Waals surface area contributed by atoms with Gasteiger partial charge in [0.15, 0.2) is 4.80 Å². The summed E-state index contributed by atoms with van der Waals surface area (Å²) in [7, 11) is 0. The Morgan fingerprint density at radius 3 is 2.55 bits per heavy atom. The lowest BCUT2D eigenvalue weighted by Crippen LogP contribution is -2.27. The highest BCUT2D eigenvalue weighted by atomic mass is 32.1. The van der Waals surface area contributed by atoms with Crippen molar-refractivity contribution in [3.63, 3.8) is 0 Å². The number of carbonyl (C=O) groups is 2. The molecular weight excluding hydrogens is 451 g/mol. The van der Waals surface area contributed by atoms with Crippen molar-refractivity contribution < 1.29 is 22.8 Å². The van der Waals surface area contributed by atoms with Crippen LogP contribution < -0.4 is 10.1 Å². The van der Waals surface area contributed by atoms with Gasteiger partial charge in [-0.15, -0.1) is 11.3 Å². The predicted molar refractivity (Wildman–Crippen MR) is 119 cm³/mol. The number of benzene rings is 2. The van der Waals surface area contributed by atoms with E-state index in [1.165, 1.54) is 23.5 Å². The first kappa shape index (κ1) is 23.0. The number of aromatic nitrogens is 1. The van der Waals surface area contributed by atoms with Crippen molar-refractivity contribution >= 4 is 23.2 Å². The van der Waals surface area contributed by atoms with Gasteiger partial charge in [0, 0.05) is 27.7 Å². The molecule has 5 nitrogen and oxygen atoms in total. The molecule has 2 amide bonds. The highest BCUT2D eigenvalue weighted by Gasteiger charge is 2.31. The first-order valence-corrected chi connectivity index (χ1v) is 11.3. The Balaban J connectivity index is 1.69. The monoisotopic (exact) mass is 473 g/mol. The van der Waals surface area contributed by atoms with Crippen LogP contribution in [0.15, 0.2) is 53.5 Å². The van der Waals surface area contributed by atoms with E-state index in [0.29, 0.717) is 16.9 Å². The fourth-order valence-electron chi connectivity index (χ4n) is 3.39. The molecule has 0 spiro atoms. The molecule has 0 radical (unpaired) electrons. The molecule has 1 N–H and O–H groups in total. The minimum absolute atomic E-state index is 0.135. The van der Waals surface area contributed by atoms with Crippen molar-refractivity contribution in [1.82, 2.24) is 9.88 Å². The van der Waals surface area contributed by atoms with Crippen LogP contribution in [0.3, 0.4) is 0 Å². The van der Waals surface area contributed by atoms with E-state index in [-0.39, 0.29) is 17.5 Å². The molecule has 0 unspecified atom stereocenters. The molecule has 0 saturated heterocycles. The van der Waals surface area contributed by atoms with E-state index >= 15 is 0 Å². The molecule has 1 fully saturated rings. The maximum absolute atomic E-state index is 13.0. The summed E-state index contributed by atoms with van der Waals surface area (Å²) in [6.45, 7) is 4.07. The number of nitrogens with zero attached hydrogens (tertiary/aromatic N) is 2. The summed E-state index contributed by atoms with van der Waals surface area (Å²) in [5, 5.41) is 2.99. The predicted octanol–water partition coefficient (Wildman–Crippen LogP) is 4.87. The van der Waals surface area contributed by atoms with Gasteiger partial charge in [-0.25, -0.2) is 0 Å². The molecule has 0 bridgehead atoms. The number of carbonyl (C=O) groups excluding carboxylic acids is 2. The Morgan fingerprint density at radius 1 is 1.12 bits per heavy atom. The lowest BCUT2D eigenvalue weighted by molar-refractivity contribution is -0.137. The minimum Gasteiger partial charge on any atom is -0.349 e. The van der Waals surface area contributed by atoms with Gasteiger partial charge in [-0.2, -0.15) is 18.2 Å². The number of hydrogen-bond donors (Lipinski definition) is 1. The maximum atomic E-state index is 13.0. The van der Waals surface area contributed by atoms with Gasteiger partial charge in [-0.3, -0.25) is 9.59 Å². The summed E-state index contributed by atoms with van der Waals surface area (Å²) in [5.74, 6) is -0.896. The van der Waals surface area contributed by atoms with Gasteiger partial charge in [0.05, 0.1) is 12.1 Å². The van der Waals surface area contributed by atoms with E-state index < -0.39 is 17.6 Å². The van der Waals surface area contributed by atoms with Gasteiger partial charge < -0.3 is 9.88 Å². The topological polar surface area (TPSA) is 63.5 Å². The summed E-state index contributed by atoms with van der Waals surface area (Å²) in [5.41, 5.74) is 1.16. The van der Waals surface area contributed by atoms with Gasteiger partial charge in [-0.05, 0) is 56.5 Å². The number of aryl methyl sites for hydroxylation is 1. The van der Waals surface area contributed by atoms with Gasteiger partial charge in [0.1, 0.15) is 0 Å². The van der Waals surface area contributed by atoms with Gasteiger partial charge >= 0.3 is 6.18 Å². The normalized spacial score (nSPS) is 14.4. The van der Waals surface area contributed by atoms with Crippen LogP contribution in [0.4, 0.5) is 13.2 Å². The number of nitrogens with one attached hydrogen (secondary N) is 1. The zero-order valence-electron chi connectivity index (χ0n) is 18.1. The van der Waals surface area contributed by atoms with Crippen LogP contribution in [0, 0.1) is 13.8 Å². The average molecular weight is 474 g/mol. The molecule has 1 heterocycles. The summed E-state index contributed by atoms with van der Waals surface area (Å²) in [6, 6.07) is 11.7. The van der Waals surface area contributed by atoms with E-state index in [1.54, 1.807) is 12.1 Å². The maximum Gasteiger partial charge on any atom is 0.416 e. The number of halogens is 3. The molecule has 2 aromatic carbocycles. The first-order valence-electron chi connectivity index (χ1n) is 10.5. The number of alkyl halides is 3. The zero-order valence-corrected chi connectivity index (χ0v) is 18.9. The molecule has 3 aromatic rings. The zero-order chi connectivity index (χ0) is 23.8. The Hall–Kier alpha value is -3.20. The second-order valence-electron chi connectivity index (χ2n) is 8.01. The first-order chi connectivity index (χ1) is 15.6. The van der Waals surface area contributed by atoms with Crippen molar-refractivity contribution in [2.45, 2.75) is 45.5 Å². The number of thiazole rings is 1. The smallest absolute Gasteiger partial charge is 0.349 e. The van der Waals surface area contributed by atoms with Gasteiger partial charge in [-0.1, -0.05) is 24.3 Å². The highest BCUT2D eigenvalue weighted by Crippen LogP contribution is 2.29. The van der Waals surface area contributed by atoms with Crippen molar-refractivity contribution in [3.8, 4) is 0 Å².